The lowest BCUT2D eigenvalue weighted by Gasteiger charge is -2.19. The third kappa shape index (κ3) is 4.61. The van der Waals surface area contributed by atoms with Crippen molar-refractivity contribution in [3.63, 3.8) is 0 Å². The maximum atomic E-state index is 12.2. The van der Waals surface area contributed by atoms with Crippen LogP contribution in [0.3, 0.4) is 0 Å². The van der Waals surface area contributed by atoms with E-state index in [1.165, 1.54) is 6.33 Å². The smallest absolute Gasteiger partial charge is 0.242 e. The van der Waals surface area contributed by atoms with Crippen LogP contribution in [-0.2, 0) is 11.3 Å². The maximum Gasteiger partial charge on any atom is 0.242 e. The van der Waals surface area contributed by atoms with E-state index in [0.29, 0.717) is 22.3 Å². The van der Waals surface area contributed by atoms with Crippen LogP contribution < -0.4 is 10.6 Å². The quantitative estimate of drug-likeness (QED) is 0.846. The van der Waals surface area contributed by atoms with E-state index in [4.69, 9.17) is 23.2 Å². The van der Waals surface area contributed by atoms with Crippen molar-refractivity contribution in [3.8, 4) is 0 Å². The Balaban J connectivity index is 1.88. The molecule has 2 N–H and O–H groups in total. The van der Waals surface area contributed by atoms with Crippen LogP contribution in [0, 0.1) is 0 Å². The molecule has 1 aromatic carbocycles. The highest BCUT2D eigenvalue weighted by Crippen LogP contribution is 2.25. The second-order valence-corrected chi connectivity index (χ2v) is 5.86. The Kier molecular flexibility index (Phi) is 5.63. The predicted octanol–water partition coefficient (Wildman–Crippen LogP) is 2.59. The maximum absolute atomic E-state index is 12.2. The number of anilines is 1. The Morgan fingerprint density at radius 3 is 2.77 bits per heavy atom. The Hall–Kier alpha value is -1.79. The van der Waals surface area contributed by atoms with Gasteiger partial charge in [-0.1, -0.05) is 23.2 Å². The van der Waals surface area contributed by atoms with Crippen LogP contribution in [0.1, 0.15) is 13.8 Å². The average Bonchev–Trinajstić information content (AvgIpc) is 2.94. The Morgan fingerprint density at radius 2 is 2.14 bits per heavy atom. The molecule has 0 radical (unpaired) electrons. The van der Waals surface area contributed by atoms with Gasteiger partial charge in [-0.25, -0.2) is 4.98 Å². The van der Waals surface area contributed by atoms with E-state index in [1.54, 1.807) is 36.1 Å². The number of carbonyl (C=O) groups is 1. The lowest BCUT2D eigenvalue weighted by molar-refractivity contribution is -0.122. The van der Waals surface area contributed by atoms with E-state index in [-0.39, 0.29) is 11.9 Å². The summed E-state index contributed by atoms with van der Waals surface area (Å²) in [6.07, 6.45) is 3.07. The molecule has 0 fully saturated rings. The van der Waals surface area contributed by atoms with Crippen LogP contribution in [0.25, 0.3) is 0 Å². The van der Waals surface area contributed by atoms with E-state index in [9.17, 15) is 4.79 Å². The van der Waals surface area contributed by atoms with Gasteiger partial charge in [0.1, 0.15) is 18.7 Å². The van der Waals surface area contributed by atoms with Crippen molar-refractivity contribution in [2.75, 3.05) is 5.32 Å². The summed E-state index contributed by atoms with van der Waals surface area (Å²) in [7, 11) is 0. The SMILES string of the molecule is C[C@H](Nc1ccc(Cl)cc1Cl)C(=O)N[C@@H](C)Cn1cncn1. The Labute approximate surface area is 138 Å². The van der Waals surface area contributed by atoms with E-state index >= 15 is 0 Å². The zero-order chi connectivity index (χ0) is 16.1. The summed E-state index contributed by atoms with van der Waals surface area (Å²) in [4.78, 5) is 16.0. The minimum atomic E-state index is -0.433. The van der Waals surface area contributed by atoms with E-state index in [1.807, 2.05) is 6.92 Å². The summed E-state index contributed by atoms with van der Waals surface area (Å²) in [5.41, 5.74) is 0.664. The van der Waals surface area contributed by atoms with Crippen molar-refractivity contribution in [2.24, 2.45) is 0 Å². The fraction of sp³-hybridized carbons (Fsp3) is 0.357. The Morgan fingerprint density at radius 1 is 1.36 bits per heavy atom. The first-order valence-electron chi connectivity index (χ1n) is 6.80. The molecule has 118 valence electrons. The van der Waals surface area contributed by atoms with Gasteiger partial charge in [0.2, 0.25) is 5.91 Å². The van der Waals surface area contributed by atoms with Crippen molar-refractivity contribution in [1.29, 1.82) is 0 Å². The molecular weight excluding hydrogens is 325 g/mol. The lowest BCUT2D eigenvalue weighted by Crippen LogP contribution is -2.43. The highest BCUT2D eigenvalue weighted by molar-refractivity contribution is 6.36. The summed E-state index contributed by atoms with van der Waals surface area (Å²) in [6, 6.07) is 4.58. The van der Waals surface area contributed by atoms with Crippen LogP contribution in [0.15, 0.2) is 30.9 Å². The molecule has 6 nitrogen and oxygen atoms in total. The number of halogens is 2. The van der Waals surface area contributed by atoms with E-state index < -0.39 is 6.04 Å². The zero-order valence-electron chi connectivity index (χ0n) is 12.3. The van der Waals surface area contributed by atoms with Gasteiger partial charge >= 0.3 is 0 Å². The molecule has 22 heavy (non-hydrogen) atoms. The number of carbonyl (C=O) groups excluding carboxylic acids is 1. The van der Waals surface area contributed by atoms with Crippen LogP contribution in [0.2, 0.25) is 10.0 Å². The van der Waals surface area contributed by atoms with Gasteiger partial charge in [0.05, 0.1) is 17.3 Å². The fourth-order valence-corrected chi connectivity index (χ4v) is 2.39. The minimum absolute atomic E-state index is 0.0702. The van der Waals surface area contributed by atoms with Crippen molar-refractivity contribution < 1.29 is 4.79 Å². The fourth-order valence-electron chi connectivity index (χ4n) is 1.93. The number of rotatable bonds is 6. The summed E-state index contributed by atoms with van der Waals surface area (Å²) >= 11 is 11.9. The molecule has 2 aromatic rings. The van der Waals surface area contributed by atoms with Gasteiger partial charge in [0, 0.05) is 11.1 Å². The number of hydrogen-bond donors (Lipinski definition) is 2. The minimum Gasteiger partial charge on any atom is -0.373 e. The molecule has 0 saturated heterocycles. The van der Waals surface area contributed by atoms with Crippen LogP contribution >= 0.6 is 23.2 Å². The normalized spacial score (nSPS) is 13.5. The molecule has 2 rings (SSSR count). The summed E-state index contributed by atoms with van der Waals surface area (Å²) < 4.78 is 1.67. The standard InChI is InChI=1S/C14H17Cl2N5O/c1-9(6-21-8-17-7-18-21)19-14(22)10(2)20-13-4-3-11(15)5-12(13)16/h3-5,7-10,20H,6H2,1-2H3,(H,19,22)/t9-,10-/m0/s1. The lowest BCUT2D eigenvalue weighted by atomic mass is 10.2. The van der Waals surface area contributed by atoms with Gasteiger partial charge in [0.25, 0.3) is 0 Å². The first-order chi connectivity index (χ1) is 10.5. The second-order valence-electron chi connectivity index (χ2n) is 5.02. The highest BCUT2D eigenvalue weighted by atomic mass is 35.5. The topological polar surface area (TPSA) is 71.8 Å². The largest absolute Gasteiger partial charge is 0.373 e. The van der Waals surface area contributed by atoms with Crippen molar-refractivity contribution >= 4 is 34.8 Å². The predicted molar refractivity (Wildman–Crippen MR) is 87.2 cm³/mol. The van der Waals surface area contributed by atoms with Crippen LogP contribution in [-0.4, -0.2) is 32.8 Å². The molecule has 1 aromatic heterocycles. The van der Waals surface area contributed by atoms with Gasteiger partial charge in [-0.2, -0.15) is 5.10 Å². The monoisotopic (exact) mass is 341 g/mol. The molecule has 0 unspecified atom stereocenters. The van der Waals surface area contributed by atoms with Gasteiger partial charge < -0.3 is 10.6 Å². The summed E-state index contributed by atoms with van der Waals surface area (Å²) in [5.74, 6) is -0.126. The molecule has 2 atom stereocenters. The van der Waals surface area contributed by atoms with Gasteiger partial charge in [-0.05, 0) is 32.0 Å². The first-order valence-corrected chi connectivity index (χ1v) is 7.55. The van der Waals surface area contributed by atoms with E-state index in [2.05, 4.69) is 20.7 Å². The average molecular weight is 342 g/mol. The number of benzene rings is 1. The number of nitrogens with one attached hydrogen (secondary N) is 2. The molecule has 1 heterocycles. The number of nitrogens with zero attached hydrogens (tertiary/aromatic N) is 3. The number of amides is 1. The molecule has 0 bridgehead atoms. The third-order valence-electron chi connectivity index (χ3n) is 3.01. The second kappa shape index (κ2) is 7.47. The summed E-state index contributed by atoms with van der Waals surface area (Å²) in [5, 5.41) is 11.0. The Bertz CT molecular complexity index is 632. The molecular formula is C14H17Cl2N5O. The summed E-state index contributed by atoms with van der Waals surface area (Å²) in [6.45, 7) is 4.23. The van der Waals surface area contributed by atoms with Crippen molar-refractivity contribution in [2.45, 2.75) is 32.5 Å². The van der Waals surface area contributed by atoms with Crippen molar-refractivity contribution in [1.82, 2.24) is 20.1 Å². The number of hydrogen-bond acceptors (Lipinski definition) is 4. The van der Waals surface area contributed by atoms with Gasteiger partial charge in [-0.3, -0.25) is 9.48 Å². The van der Waals surface area contributed by atoms with Crippen molar-refractivity contribution in [3.05, 3.63) is 40.9 Å². The first kappa shape index (κ1) is 16.6. The van der Waals surface area contributed by atoms with E-state index in [0.717, 1.165) is 0 Å². The van der Waals surface area contributed by atoms with Crippen LogP contribution in [0.5, 0.6) is 0 Å². The van der Waals surface area contributed by atoms with Crippen LogP contribution in [0.4, 0.5) is 5.69 Å². The molecule has 1 amide bonds. The molecule has 0 aliphatic carbocycles. The molecule has 0 aliphatic heterocycles. The molecule has 0 aliphatic rings. The highest BCUT2D eigenvalue weighted by Gasteiger charge is 2.16. The van der Waals surface area contributed by atoms with Gasteiger partial charge in [-0.15, -0.1) is 0 Å². The molecule has 0 spiro atoms. The van der Waals surface area contributed by atoms with Gasteiger partial charge in [0.15, 0.2) is 0 Å². The zero-order valence-corrected chi connectivity index (χ0v) is 13.8. The third-order valence-corrected chi connectivity index (χ3v) is 3.56. The molecule has 8 heteroatoms. The number of aromatic nitrogens is 3. The molecule has 0 saturated carbocycles.